The molecule has 0 aliphatic carbocycles. The second kappa shape index (κ2) is 56.1. The number of nitrogens with one attached hydrogen (secondary N) is 6. The largest absolute Gasteiger partial charge is 0.481 e. The van der Waals surface area contributed by atoms with Crippen LogP contribution in [0.4, 0.5) is 0 Å². The molecule has 0 heterocycles. The number of hydrogen-bond donors (Lipinski definition) is 7. The van der Waals surface area contributed by atoms with Crippen LogP contribution in [0.25, 0.3) is 41.8 Å². The van der Waals surface area contributed by atoms with Gasteiger partial charge in [-0.3, -0.25) is 33.6 Å². The summed E-state index contributed by atoms with van der Waals surface area (Å²) in [4.78, 5) is 99.3. The third-order valence-corrected chi connectivity index (χ3v) is 11.1. The lowest BCUT2D eigenvalue weighted by atomic mass is 10.1. The number of hydrogen-bond acceptors (Lipinski definition) is 19. The van der Waals surface area contributed by atoms with E-state index < -0.39 is 65.6 Å². The van der Waals surface area contributed by atoms with Crippen LogP contribution in [-0.2, 0) is 71.5 Å². The van der Waals surface area contributed by atoms with Crippen molar-refractivity contribution in [2.24, 2.45) is 20.5 Å². The van der Waals surface area contributed by atoms with Gasteiger partial charge in [-0.2, -0.15) is 0 Å². The van der Waals surface area contributed by atoms with Crippen molar-refractivity contribution in [3.8, 4) is 0 Å². The summed E-state index contributed by atoms with van der Waals surface area (Å²) in [6, 6.07) is -3.83. The van der Waals surface area contributed by atoms with Gasteiger partial charge in [0.05, 0.1) is 112 Å². The van der Waals surface area contributed by atoms with Gasteiger partial charge in [-0.25, -0.2) is 0 Å². The van der Waals surface area contributed by atoms with Crippen molar-refractivity contribution in [3.63, 3.8) is 0 Å². The van der Waals surface area contributed by atoms with E-state index in [4.69, 9.17) is 65.1 Å². The molecule has 34 heteroatoms. The van der Waals surface area contributed by atoms with Gasteiger partial charge in [-0.05, 0) is 73.5 Å². The van der Waals surface area contributed by atoms with Gasteiger partial charge >= 0.3 is 5.97 Å². The number of ether oxygens (including phenoxy) is 8. The first-order valence-electron chi connectivity index (χ1n) is 27.5. The molecule has 0 saturated carbocycles. The van der Waals surface area contributed by atoms with Crippen molar-refractivity contribution in [3.05, 3.63) is 41.8 Å². The van der Waals surface area contributed by atoms with E-state index in [0.29, 0.717) is 71.2 Å². The minimum atomic E-state index is -1.02. The van der Waals surface area contributed by atoms with Gasteiger partial charge in [0.2, 0.25) is 35.4 Å². The van der Waals surface area contributed by atoms with Crippen molar-refractivity contribution < 1.29 is 76.6 Å². The molecule has 34 nitrogen and oxygen atoms in total. The quantitative estimate of drug-likeness (QED) is 0.0199. The number of carbonyl (C=O) groups is 7. The minimum Gasteiger partial charge on any atom is -0.481 e. The molecule has 7 N–H and O–H groups in total. The van der Waals surface area contributed by atoms with Crippen LogP contribution in [0.2, 0.25) is 0 Å². The number of unbranched alkanes of at least 4 members (excludes halogenated alkanes) is 4. The van der Waals surface area contributed by atoms with Crippen LogP contribution in [0.5, 0.6) is 0 Å². The van der Waals surface area contributed by atoms with Crippen molar-refractivity contribution >= 4 is 41.4 Å². The fourth-order valence-corrected chi connectivity index (χ4v) is 7.02. The van der Waals surface area contributed by atoms with E-state index in [-0.39, 0.29) is 164 Å². The van der Waals surface area contributed by atoms with Crippen molar-refractivity contribution in [1.29, 1.82) is 0 Å². The number of nitrogens with zero attached hydrogens (tertiary/aromatic N) is 12. The fraction of sp³-hybridized carbons (Fsp3) is 0.854. The zero-order valence-electron chi connectivity index (χ0n) is 47.2. The van der Waals surface area contributed by atoms with Crippen LogP contribution >= 0.6 is 0 Å². The Bertz CT molecular complexity index is 1970. The molecule has 0 aliphatic rings. The summed E-state index contributed by atoms with van der Waals surface area (Å²) in [5.74, 6) is -3.88. The highest BCUT2D eigenvalue weighted by Gasteiger charge is 2.28. The number of amides is 6. The molecule has 0 unspecified atom stereocenters. The Hall–Kier alpha value is -6.79. The summed E-state index contributed by atoms with van der Waals surface area (Å²) in [6.45, 7) is 5.94. The lowest BCUT2D eigenvalue weighted by Gasteiger charge is -2.23. The molecule has 0 bridgehead atoms. The molecular formula is C48H86N18O16. The summed E-state index contributed by atoms with van der Waals surface area (Å²) < 4.78 is 43.6. The number of azide groups is 4. The highest BCUT2D eigenvalue weighted by Crippen LogP contribution is 2.09. The molecule has 4 atom stereocenters. The Kier molecular flexibility index (Phi) is 51.4. The van der Waals surface area contributed by atoms with Gasteiger partial charge in [0.1, 0.15) is 24.2 Å². The molecule has 464 valence electrons. The molecule has 0 aromatic rings. The monoisotopic (exact) mass is 1170 g/mol. The molecule has 0 saturated heterocycles. The molecule has 0 spiro atoms. The second-order valence-electron chi connectivity index (χ2n) is 17.7. The smallest absolute Gasteiger partial charge is 0.305 e. The highest BCUT2D eigenvalue weighted by molar-refractivity contribution is 5.92. The molecule has 0 aliphatic heterocycles. The lowest BCUT2D eigenvalue weighted by molar-refractivity contribution is -0.138. The van der Waals surface area contributed by atoms with E-state index in [9.17, 15) is 33.6 Å². The van der Waals surface area contributed by atoms with Crippen LogP contribution in [0.1, 0.15) is 96.8 Å². The summed E-state index contributed by atoms with van der Waals surface area (Å²) in [5, 5.41) is 38.9. The number of carbonyl (C=O) groups excluding carboxylic acids is 6. The van der Waals surface area contributed by atoms with Crippen molar-refractivity contribution in [2.75, 3.05) is 145 Å². The number of carboxylic acids is 1. The minimum absolute atomic E-state index is 0.0255. The van der Waals surface area contributed by atoms with E-state index in [0.717, 1.165) is 0 Å². The van der Waals surface area contributed by atoms with Crippen molar-refractivity contribution in [1.82, 2.24) is 31.9 Å². The predicted octanol–water partition coefficient (Wildman–Crippen LogP) is 3.10. The summed E-state index contributed by atoms with van der Waals surface area (Å²) in [7, 11) is 0. The molecule has 0 aromatic carbocycles. The first-order chi connectivity index (χ1) is 39.9. The average Bonchev–Trinajstić information content (AvgIpc) is 3.47. The maximum Gasteiger partial charge on any atom is 0.305 e. The summed E-state index contributed by atoms with van der Waals surface area (Å²) in [5.41, 5.74) is 34.3. The lowest BCUT2D eigenvalue weighted by Crippen LogP contribution is -2.54. The first-order valence-corrected chi connectivity index (χ1v) is 27.5. The SMILES string of the molecule is CC(=O)N[C@@H](CCCCN=[N+]=[N-])C(=O)N[C@@H](CCCCN=[N+]=[N-])C(=O)NCCOCCOCCOCCOCCC(=O)N[C@@H](CCCCN=[N+]=[N-])C(=O)N[C@@H](CCCCN=[N+]=[N-])C(=O)NCCOCCOCCOCCOCCC(=O)O. The molecule has 0 rings (SSSR count). The van der Waals surface area contributed by atoms with E-state index in [2.05, 4.69) is 72.0 Å². The summed E-state index contributed by atoms with van der Waals surface area (Å²) in [6.07, 6.45) is 4.55. The van der Waals surface area contributed by atoms with Gasteiger partial charge in [-0.1, -0.05) is 46.1 Å². The fourth-order valence-electron chi connectivity index (χ4n) is 7.02. The van der Waals surface area contributed by atoms with Gasteiger partial charge < -0.3 is 74.9 Å². The second-order valence-corrected chi connectivity index (χ2v) is 17.7. The zero-order chi connectivity index (χ0) is 60.4. The van der Waals surface area contributed by atoms with E-state index in [1.807, 2.05) is 0 Å². The van der Waals surface area contributed by atoms with Gasteiger partial charge in [0.25, 0.3) is 0 Å². The van der Waals surface area contributed by atoms with Gasteiger partial charge in [0.15, 0.2) is 0 Å². The van der Waals surface area contributed by atoms with E-state index >= 15 is 0 Å². The normalized spacial score (nSPS) is 12.1. The van der Waals surface area contributed by atoms with Crippen LogP contribution in [-0.4, -0.2) is 216 Å². The highest BCUT2D eigenvalue weighted by atomic mass is 16.6. The molecule has 6 amide bonds. The van der Waals surface area contributed by atoms with E-state index in [1.165, 1.54) is 6.92 Å². The average molecular weight is 1170 g/mol. The zero-order valence-corrected chi connectivity index (χ0v) is 47.2. The molecular weight excluding hydrogens is 1080 g/mol. The first kappa shape index (κ1) is 75.2. The Morgan fingerprint density at radius 1 is 0.378 bits per heavy atom. The van der Waals surface area contributed by atoms with Crippen LogP contribution in [0, 0.1) is 0 Å². The molecule has 0 aromatic heterocycles. The Morgan fingerprint density at radius 2 is 0.659 bits per heavy atom. The van der Waals surface area contributed by atoms with Crippen LogP contribution in [0.3, 0.4) is 0 Å². The third kappa shape index (κ3) is 48.0. The molecule has 0 fully saturated rings. The Morgan fingerprint density at radius 3 is 0.963 bits per heavy atom. The maximum atomic E-state index is 13.6. The van der Waals surface area contributed by atoms with Gasteiger partial charge in [-0.15, -0.1) is 0 Å². The molecule has 82 heavy (non-hydrogen) atoms. The maximum absolute atomic E-state index is 13.6. The Balaban J connectivity index is 4.76. The Labute approximate surface area is 477 Å². The van der Waals surface area contributed by atoms with E-state index in [1.54, 1.807) is 0 Å². The number of rotatable bonds is 58. The topological polar surface area (TPSA) is 481 Å². The van der Waals surface area contributed by atoms with Crippen molar-refractivity contribution in [2.45, 2.75) is 121 Å². The number of carboxylic acid groups (broad SMARTS) is 1. The van der Waals surface area contributed by atoms with Crippen LogP contribution < -0.4 is 31.9 Å². The molecule has 0 radical (unpaired) electrons. The van der Waals surface area contributed by atoms with Crippen LogP contribution in [0.15, 0.2) is 20.5 Å². The predicted molar refractivity (Wildman–Crippen MR) is 294 cm³/mol. The third-order valence-electron chi connectivity index (χ3n) is 11.1. The summed E-state index contributed by atoms with van der Waals surface area (Å²) >= 11 is 0. The van der Waals surface area contributed by atoms with Gasteiger partial charge in [0, 0.05) is 72.3 Å². The standard InChI is InChI=1S/C48H86N18O16/c1-38(67)59-41(12-4-8-18-57-65-51)47(73)61-39(10-2-6-16-55-63-49)45(71)53-20-24-77-28-32-81-36-34-79-30-26-75-22-14-43(68)60-42(13-5-9-19-58-66-52)48(74)62-40(11-3-7-17-56-64-50)46(72)54-21-25-78-29-33-82-37-35-80-31-27-76-23-15-44(69)70/h39-42H,2-37H2,1H3,(H,53,71)(H,54,72)(H,59,67)(H,60,68)(H,61,73)(H,62,74)(H,69,70)/t39-,40-,41-,42-/m0/s1. The number of aliphatic carboxylic acids is 1.